The number of para-hydroxylation sites is 1. The topological polar surface area (TPSA) is 62.7 Å². The Kier molecular flexibility index (Phi) is 5.71. The van der Waals surface area contributed by atoms with Crippen LogP contribution in [0.2, 0.25) is 0 Å². The molecule has 0 saturated carbocycles. The molecule has 0 radical (unpaired) electrons. The number of rotatable bonds is 4. The Bertz CT molecular complexity index is 1100. The van der Waals surface area contributed by atoms with Crippen LogP contribution in [0.25, 0.3) is 0 Å². The summed E-state index contributed by atoms with van der Waals surface area (Å²) in [5.41, 5.74) is 2.81. The Balaban J connectivity index is 1.77. The van der Waals surface area contributed by atoms with Gasteiger partial charge in [-0.1, -0.05) is 24.3 Å². The van der Waals surface area contributed by atoms with Crippen LogP contribution in [0, 0.1) is 0 Å². The summed E-state index contributed by atoms with van der Waals surface area (Å²) >= 11 is 0. The molecule has 0 spiro atoms. The molecule has 1 aromatic heterocycles. The van der Waals surface area contributed by atoms with Crippen molar-refractivity contribution in [2.45, 2.75) is 32.4 Å². The average molecular weight is 415 g/mol. The molecule has 0 bridgehead atoms. The molecule has 1 aliphatic rings. The number of aromatic nitrogens is 1. The second kappa shape index (κ2) is 8.60. The third kappa shape index (κ3) is 3.89. The number of fused-ring (bicyclic) bond motifs is 1. The van der Waals surface area contributed by atoms with Gasteiger partial charge in [0.15, 0.2) is 0 Å². The van der Waals surface area contributed by atoms with Crippen LogP contribution in [0.15, 0.2) is 72.9 Å². The molecule has 2 heterocycles. The van der Waals surface area contributed by atoms with Gasteiger partial charge in [-0.2, -0.15) is 0 Å². The summed E-state index contributed by atoms with van der Waals surface area (Å²) in [5, 5.41) is 0. The van der Waals surface area contributed by atoms with Crippen molar-refractivity contribution in [2.24, 2.45) is 0 Å². The van der Waals surface area contributed by atoms with Crippen molar-refractivity contribution < 1.29 is 14.3 Å². The molecule has 6 nitrogen and oxygen atoms in total. The zero-order valence-corrected chi connectivity index (χ0v) is 17.9. The third-order valence-electron chi connectivity index (χ3n) is 5.62. The second-order valence-corrected chi connectivity index (χ2v) is 7.64. The Morgan fingerprint density at radius 1 is 1.06 bits per heavy atom. The monoisotopic (exact) mass is 415 g/mol. The number of carbonyl (C=O) groups is 2. The van der Waals surface area contributed by atoms with Crippen LogP contribution >= 0.6 is 0 Å². The van der Waals surface area contributed by atoms with Gasteiger partial charge in [0.25, 0.3) is 5.91 Å². The van der Waals surface area contributed by atoms with E-state index in [0.717, 1.165) is 17.1 Å². The van der Waals surface area contributed by atoms with Crippen LogP contribution in [0.4, 0.5) is 11.4 Å². The first-order valence-corrected chi connectivity index (χ1v) is 10.3. The van der Waals surface area contributed by atoms with Crippen LogP contribution in [-0.4, -0.2) is 29.9 Å². The molecule has 1 aliphatic heterocycles. The van der Waals surface area contributed by atoms with E-state index >= 15 is 0 Å². The Hall–Kier alpha value is -3.67. The van der Waals surface area contributed by atoms with Crippen molar-refractivity contribution in [3.05, 3.63) is 84.2 Å². The first-order valence-electron chi connectivity index (χ1n) is 10.3. The average Bonchev–Trinajstić information content (AvgIpc) is 2.79. The summed E-state index contributed by atoms with van der Waals surface area (Å²) in [5.74, 6) is 0.451. The van der Waals surface area contributed by atoms with E-state index in [2.05, 4.69) is 4.98 Å². The van der Waals surface area contributed by atoms with E-state index in [4.69, 9.17) is 4.74 Å². The van der Waals surface area contributed by atoms with Crippen molar-refractivity contribution >= 4 is 23.2 Å². The Morgan fingerprint density at radius 3 is 2.55 bits per heavy atom. The molecule has 3 aromatic rings. The summed E-state index contributed by atoms with van der Waals surface area (Å²) in [6, 6.07) is 20.0. The van der Waals surface area contributed by atoms with Crippen molar-refractivity contribution in [3.8, 4) is 5.75 Å². The number of amides is 2. The molecule has 31 heavy (non-hydrogen) atoms. The summed E-state index contributed by atoms with van der Waals surface area (Å²) in [7, 11) is 1.58. The number of nitrogens with zero attached hydrogens (tertiary/aromatic N) is 3. The van der Waals surface area contributed by atoms with Gasteiger partial charge in [0.1, 0.15) is 5.75 Å². The summed E-state index contributed by atoms with van der Waals surface area (Å²) in [6.07, 6.45) is 2.29. The molecule has 2 unspecified atom stereocenters. The van der Waals surface area contributed by atoms with Gasteiger partial charge in [-0.05, 0) is 55.8 Å². The van der Waals surface area contributed by atoms with Gasteiger partial charge in [-0.15, -0.1) is 0 Å². The number of hydrogen-bond acceptors (Lipinski definition) is 4. The highest BCUT2D eigenvalue weighted by Gasteiger charge is 2.39. The summed E-state index contributed by atoms with van der Waals surface area (Å²) < 4.78 is 5.29. The lowest BCUT2D eigenvalue weighted by atomic mass is 9.93. The minimum Gasteiger partial charge on any atom is -0.497 e. The molecule has 158 valence electrons. The maximum Gasteiger partial charge on any atom is 0.258 e. The van der Waals surface area contributed by atoms with E-state index in [9.17, 15) is 9.59 Å². The standard InChI is InChI=1S/C25H25N3O3/c1-17-15-23(28(18(2)29)20-10-5-4-6-11-20)24-22(13-8-14-26-24)27(17)25(30)19-9-7-12-21(16-19)31-3/h4-14,16-17,23H,15H2,1-3H3. The lowest BCUT2D eigenvalue weighted by Gasteiger charge is -2.42. The third-order valence-corrected chi connectivity index (χ3v) is 5.62. The zero-order valence-electron chi connectivity index (χ0n) is 17.9. The number of ether oxygens (including phenoxy) is 1. The molecule has 0 aliphatic carbocycles. The fourth-order valence-corrected chi connectivity index (χ4v) is 4.25. The van der Waals surface area contributed by atoms with E-state index in [1.54, 1.807) is 48.2 Å². The lowest BCUT2D eigenvalue weighted by molar-refractivity contribution is -0.117. The van der Waals surface area contributed by atoms with E-state index in [-0.39, 0.29) is 23.9 Å². The summed E-state index contributed by atoms with van der Waals surface area (Å²) in [4.78, 5) is 34.3. The highest BCUT2D eigenvalue weighted by Crippen LogP contribution is 2.41. The zero-order chi connectivity index (χ0) is 22.0. The molecule has 0 saturated heterocycles. The van der Waals surface area contributed by atoms with Crippen molar-refractivity contribution in [3.63, 3.8) is 0 Å². The number of hydrogen-bond donors (Lipinski definition) is 0. The van der Waals surface area contributed by atoms with Gasteiger partial charge in [0.2, 0.25) is 5.91 Å². The second-order valence-electron chi connectivity index (χ2n) is 7.64. The molecule has 4 rings (SSSR count). The molecular formula is C25H25N3O3. The fourth-order valence-electron chi connectivity index (χ4n) is 4.25. The fraction of sp³-hybridized carbons (Fsp3) is 0.240. The maximum atomic E-state index is 13.5. The van der Waals surface area contributed by atoms with Crippen molar-refractivity contribution in [1.82, 2.24) is 4.98 Å². The van der Waals surface area contributed by atoms with Crippen LogP contribution in [-0.2, 0) is 4.79 Å². The number of anilines is 2. The smallest absolute Gasteiger partial charge is 0.258 e. The normalized spacial score (nSPS) is 17.6. The van der Waals surface area contributed by atoms with E-state index < -0.39 is 0 Å². The van der Waals surface area contributed by atoms with Crippen molar-refractivity contribution in [1.29, 1.82) is 0 Å². The summed E-state index contributed by atoms with van der Waals surface area (Å²) in [6.45, 7) is 3.57. The SMILES string of the molecule is COc1cccc(C(=O)N2c3cccnc3C(N(C(C)=O)c3ccccc3)CC2C)c1. The molecule has 0 N–H and O–H groups in total. The predicted molar refractivity (Wildman–Crippen MR) is 120 cm³/mol. The molecule has 2 aromatic carbocycles. The lowest BCUT2D eigenvalue weighted by Crippen LogP contribution is -2.47. The largest absolute Gasteiger partial charge is 0.497 e. The molecule has 6 heteroatoms. The molecule has 2 atom stereocenters. The highest BCUT2D eigenvalue weighted by atomic mass is 16.5. The van der Waals surface area contributed by atoms with Gasteiger partial charge in [0, 0.05) is 30.4 Å². The van der Waals surface area contributed by atoms with Gasteiger partial charge >= 0.3 is 0 Å². The predicted octanol–water partition coefficient (Wildman–Crippen LogP) is 4.62. The molecule has 2 amide bonds. The molecule has 0 fully saturated rings. The van der Waals surface area contributed by atoms with E-state index in [1.165, 1.54) is 0 Å². The molecular weight excluding hydrogens is 390 g/mol. The minimum atomic E-state index is -0.263. The first-order chi connectivity index (χ1) is 15.0. The van der Waals surface area contributed by atoms with Crippen LogP contribution in [0.3, 0.4) is 0 Å². The van der Waals surface area contributed by atoms with Crippen LogP contribution < -0.4 is 14.5 Å². The van der Waals surface area contributed by atoms with E-state index in [1.807, 2.05) is 55.5 Å². The Labute approximate surface area is 182 Å². The van der Waals surface area contributed by atoms with Crippen molar-refractivity contribution in [2.75, 3.05) is 16.9 Å². The minimum absolute atomic E-state index is 0.0624. The quantitative estimate of drug-likeness (QED) is 0.624. The van der Waals surface area contributed by atoms with Gasteiger partial charge in [0.05, 0.1) is 24.5 Å². The van der Waals surface area contributed by atoms with Gasteiger partial charge in [-0.25, -0.2) is 0 Å². The maximum absolute atomic E-state index is 13.5. The Morgan fingerprint density at radius 2 is 1.84 bits per heavy atom. The van der Waals surface area contributed by atoms with Crippen LogP contribution in [0.1, 0.15) is 42.4 Å². The number of methoxy groups -OCH3 is 1. The highest BCUT2D eigenvalue weighted by molar-refractivity contribution is 6.07. The number of pyridine rings is 1. The van der Waals surface area contributed by atoms with Gasteiger partial charge < -0.3 is 14.5 Å². The first kappa shape index (κ1) is 20.6. The van der Waals surface area contributed by atoms with Gasteiger partial charge in [-0.3, -0.25) is 14.6 Å². The van der Waals surface area contributed by atoms with Crippen LogP contribution in [0.5, 0.6) is 5.75 Å². The number of carbonyl (C=O) groups excluding carboxylic acids is 2. The number of benzene rings is 2. The van der Waals surface area contributed by atoms with E-state index in [0.29, 0.717) is 17.7 Å².